The number of non-ortho nitro benzene ring substituents is 1. The van der Waals surface area contributed by atoms with Crippen LogP contribution in [0.2, 0.25) is 0 Å². The first-order valence-electron chi connectivity index (χ1n) is 6.29. The van der Waals surface area contributed by atoms with E-state index in [-0.39, 0.29) is 5.69 Å². The molecule has 2 aromatic carbocycles. The molecule has 0 aromatic heterocycles. The molecular formula is C16H14N2O3. The van der Waals surface area contributed by atoms with Crippen LogP contribution in [0.15, 0.2) is 59.6 Å². The summed E-state index contributed by atoms with van der Waals surface area (Å²) in [4.78, 5) is 14.5. The maximum Gasteiger partial charge on any atom is 0.273 e. The van der Waals surface area contributed by atoms with Crippen LogP contribution in [0.4, 0.5) is 11.4 Å². The van der Waals surface area contributed by atoms with Crippen molar-refractivity contribution in [3.63, 3.8) is 0 Å². The van der Waals surface area contributed by atoms with Crippen molar-refractivity contribution in [3.8, 4) is 5.75 Å². The van der Waals surface area contributed by atoms with Crippen LogP contribution in [-0.4, -0.2) is 18.2 Å². The van der Waals surface area contributed by atoms with Crippen molar-refractivity contribution in [2.45, 2.75) is 0 Å². The van der Waals surface area contributed by atoms with Gasteiger partial charge in [-0.2, -0.15) is 0 Å². The fourth-order valence-electron chi connectivity index (χ4n) is 1.73. The Morgan fingerprint density at radius 1 is 1.19 bits per heavy atom. The predicted molar refractivity (Wildman–Crippen MR) is 83.3 cm³/mol. The summed E-state index contributed by atoms with van der Waals surface area (Å²) in [6, 6.07) is 14.1. The lowest BCUT2D eigenvalue weighted by Crippen LogP contribution is -1.90. The van der Waals surface area contributed by atoms with E-state index in [0.29, 0.717) is 11.4 Å². The third-order valence-electron chi connectivity index (χ3n) is 2.76. The Morgan fingerprint density at radius 3 is 2.62 bits per heavy atom. The first kappa shape index (κ1) is 14.5. The Morgan fingerprint density at radius 2 is 1.95 bits per heavy atom. The number of nitro benzene ring substituents is 1. The van der Waals surface area contributed by atoms with Gasteiger partial charge in [-0.25, -0.2) is 0 Å². The molecule has 5 nitrogen and oxygen atoms in total. The Balaban J connectivity index is 2.14. The Labute approximate surface area is 122 Å². The zero-order chi connectivity index (χ0) is 15.1. The van der Waals surface area contributed by atoms with Gasteiger partial charge in [0.2, 0.25) is 0 Å². The lowest BCUT2D eigenvalue weighted by atomic mass is 10.2. The molecule has 5 heteroatoms. The summed E-state index contributed by atoms with van der Waals surface area (Å²) >= 11 is 0. The van der Waals surface area contributed by atoms with Gasteiger partial charge in [0, 0.05) is 12.3 Å². The molecule has 0 fully saturated rings. The summed E-state index contributed by atoms with van der Waals surface area (Å²) in [5.74, 6) is 0.369. The van der Waals surface area contributed by atoms with Gasteiger partial charge in [0.25, 0.3) is 5.69 Å². The third-order valence-corrected chi connectivity index (χ3v) is 2.76. The van der Waals surface area contributed by atoms with Crippen LogP contribution >= 0.6 is 0 Å². The van der Waals surface area contributed by atoms with Gasteiger partial charge in [-0.05, 0) is 17.7 Å². The predicted octanol–water partition coefficient (Wildman–Crippen LogP) is 4.02. The van der Waals surface area contributed by atoms with Gasteiger partial charge < -0.3 is 4.74 Å². The van der Waals surface area contributed by atoms with Gasteiger partial charge >= 0.3 is 0 Å². The van der Waals surface area contributed by atoms with Crippen molar-refractivity contribution in [2.75, 3.05) is 7.11 Å². The number of rotatable bonds is 5. The van der Waals surface area contributed by atoms with Crippen LogP contribution in [0.25, 0.3) is 6.08 Å². The zero-order valence-corrected chi connectivity index (χ0v) is 11.5. The van der Waals surface area contributed by atoms with Crippen molar-refractivity contribution in [1.82, 2.24) is 0 Å². The van der Waals surface area contributed by atoms with E-state index in [4.69, 9.17) is 4.74 Å². The minimum Gasteiger partial charge on any atom is -0.494 e. The van der Waals surface area contributed by atoms with Crippen molar-refractivity contribution in [1.29, 1.82) is 0 Å². The number of aliphatic imine (C=N–C) groups is 1. The minimum absolute atomic E-state index is 0.0226. The summed E-state index contributed by atoms with van der Waals surface area (Å²) in [6.07, 6.45) is 5.34. The highest BCUT2D eigenvalue weighted by molar-refractivity contribution is 5.81. The Bertz CT molecular complexity index is 679. The largest absolute Gasteiger partial charge is 0.494 e. The fourth-order valence-corrected chi connectivity index (χ4v) is 1.73. The van der Waals surface area contributed by atoms with Gasteiger partial charge in [0.1, 0.15) is 5.69 Å². The molecule has 21 heavy (non-hydrogen) atoms. The number of benzene rings is 2. The zero-order valence-electron chi connectivity index (χ0n) is 11.5. The summed E-state index contributed by atoms with van der Waals surface area (Å²) in [5, 5.41) is 10.7. The molecule has 0 aliphatic heterocycles. The number of nitrogens with zero attached hydrogens (tertiary/aromatic N) is 2. The molecule has 0 unspecified atom stereocenters. The van der Waals surface area contributed by atoms with E-state index in [1.807, 2.05) is 36.4 Å². The van der Waals surface area contributed by atoms with E-state index in [9.17, 15) is 10.1 Å². The normalized spacial score (nSPS) is 11.1. The highest BCUT2D eigenvalue weighted by Gasteiger charge is 2.09. The highest BCUT2D eigenvalue weighted by atomic mass is 16.6. The quantitative estimate of drug-likeness (QED) is 0.472. The van der Waals surface area contributed by atoms with Gasteiger partial charge in [-0.3, -0.25) is 15.1 Å². The van der Waals surface area contributed by atoms with Gasteiger partial charge in [0.05, 0.1) is 18.1 Å². The average molecular weight is 282 g/mol. The summed E-state index contributed by atoms with van der Waals surface area (Å²) in [5.41, 5.74) is 1.59. The second-order valence-corrected chi connectivity index (χ2v) is 4.16. The molecule has 0 spiro atoms. The van der Waals surface area contributed by atoms with E-state index >= 15 is 0 Å². The molecule has 0 atom stereocenters. The van der Waals surface area contributed by atoms with Crippen LogP contribution in [0.3, 0.4) is 0 Å². The van der Waals surface area contributed by atoms with E-state index < -0.39 is 4.92 Å². The molecule has 0 saturated heterocycles. The average Bonchev–Trinajstić information content (AvgIpc) is 2.52. The summed E-state index contributed by atoms with van der Waals surface area (Å²) in [7, 11) is 1.46. The molecule has 2 rings (SSSR count). The number of hydrogen-bond acceptors (Lipinski definition) is 4. The van der Waals surface area contributed by atoms with Crippen LogP contribution in [-0.2, 0) is 0 Å². The minimum atomic E-state index is -0.467. The van der Waals surface area contributed by atoms with E-state index in [1.165, 1.54) is 19.2 Å². The van der Waals surface area contributed by atoms with E-state index in [2.05, 4.69) is 4.99 Å². The molecule has 2 aromatic rings. The molecule has 0 aliphatic rings. The topological polar surface area (TPSA) is 64.7 Å². The van der Waals surface area contributed by atoms with Gasteiger partial charge in [0.15, 0.2) is 5.75 Å². The maximum absolute atomic E-state index is 10.7. The van der Waals surface area contributed by atoms with Crippen LogP contribution < -0.4 is 4.74 Å². The highest BCUT2D eigenvalue weighted by Crippen LogP contribution is 2.30. The molecule has 106 valence electrons. The second kappa shape index (κ2) is 7.00. The second-order valence-electron chi connectivity index (χ2n) is 4.16. The van der Waals surface area contributed by atoms with Crippen molar-refractivity contribution < 1.29 is 9.66 Å². The summed E-state index contributed by atoms with van der Waals surface area (Å²) < 4.78 is 5.11. The van der Waals surface area contributed by atoms with Gasteiger partial charge in [-0.15, -0.1) is 0 Å². The monoisotopic (exact) mass is 282 g/mol. The maximum atomic E-state index is 10.7. The molecule has 0 radical (unpaired) electrons. The molecule has 0 heterocycles. The van der Waals surface area contributed by atoms with Crippen molar-refractivity contribution in [2.24, 2.45) is 4.99 Å². The fraction of sp³-hybridized carbons (Fsp3) is 0.0625. The van der Waals surface area contributed by atoms with Crippen molar-refractivity contribution >= 4 is 23.7 Å². The van der Waals surface area contributed by atoms with Crippen molar-refractivity contribution in [3.05, 3.63) is 70.3 Å². The number of methoxy groups -OCH3 is 1. The molecule has 0 amide bonds. The third kappa shape index (κ3) is 4.01. The molecule has 0 saturated carbocycles. The number of allylic oxidation sites excluding steroid dienone is 1. The molecule has 0 N–H and O–H groups in total. The van der Waals surface area contributed by atoms with Crippen LogP contribution in [0.5, 0.6) is 5.75 Å². The van der Waals surface area contributed by atoms with Gasteiger partial charge in [-0.1, -0.05) is 36.4 Å². The lowest BCUT2D eigenvalue weighted by Gasteiger charge is -2.03. The molecule has 0 aliphatic carbocycles. The number of nitro groups is 1. The lowest BCUT2D eigenvalue weighted by molar-refractivity contribution is -0.384. The number of hydrogen-bond donors (Lipinski definition) is 0. The number of ether oxygens (including phenoxy) is 1. The van der Waals surface area contributed by atoms with Crippen LogP contribution in [0.1, 0.15) is 5.56 Å². The van der Waals surface area contributed by atoms with E-state index in [1.54, 1.807) is 18.4 Å². The standard InChI is InChI=1S/C16H14N2O3/c1-21-16-12-14(18(19)20)9-10-15(16)17-11-5-8-13-6-3-2-4-7-13/h2-12H,1H3/b8-5+,17-11?. The van der Waals surface area contributed by atoms with Crippen LogP contribution in [0, 0.1) is 10.1 Å². The Hall–Kier alpha value is -2.95. The first-order valence-corrected chi connectivity index (χ1v) is 6.29. The molecule has 0 bridgehead atoms. The smallest absolute Gasteiger partial charge is 0.273 e. The molecular weight excluding hydrogens is 268 g/mol. The van der Waals surface area contributed by atoms with E-state index in [0.717, 1.165) is 5.56 Å². The SMILES string of the molecule is COc1cc([N+](=O)[O-])ccc1N=C/C=C/c1ccccc1. The summed E-state index contributed by atoms with van der Waals surface area (Å²) in [6.45, 7) is 0. The Kier molecular flexibility index (Phi) is 4.82. The first-order chi connectivity index (χ1) is 10.2.